The third kappa shape index (κ3) is 2.74. The maximum Gasteiger partial charge on any atom is 0.308 e. The van der Waals surface area contributed by atoms with Crippen molar-refractivity contribution in [1.29, 1.82) is 5.26 Å². The molecule has 0 heterocycles. The number of carbonyl (C=O) groups excluding carboxylic acids is 1. The Morgan fingerprint density at radius 2 is 2.38 bits per heavy atom. The number of hydrogen-bond donors (Lipinski definition) is 1. The lowest BCUT2D eigenvalue weighted by atomic mass is 10.6. The van der Waals surface area contributed by atoms with Gasteiger partial charge in [0.25, 0.3) is 0 Å². The Hall–Kier alpha value is -1.48. The Kier molecular flexibility index (Phi) is 3.02. The van der Waals surface area contributed by atoms with Crippen molar-refractivity contribution < 1.29 is 4.79 Å². The van der Waals surface area contributed by atoms with Gasteiger partial charge >= 0.3 is 5.91 Å². The number of carbonyl (C=O) groups is 1. The fourth-order valence-corrected chi connectivity index (χ4v) is 0.196. The molecular weight excluding hydrogens is 104 g/mol. The van der Waals surface area contributed by atoms with Crippen molar-refractivity contribution in [3.63, 3.8) is 0 Å². The zero-order valence-electron chi connectivity index (χ0n) is 4.36. The molecule has 0 aliphatic carbocycles. The molecular formula is C5H4N2O. The van der Waals surface area contributed by atoms with Gasteiger partial charge in [0.15, 0.2) is 6.19 Å². The van der Waals surface area contributed by atoms with Crippen LogP contribution in [0.15, 0.2) is 0 Å². The molecule has 1 amide bonds. The standard InChI is InChI=1S/C5H4N2O/c1-2-3-5(8)7-4-6/h1H3,(H,7,8). The van der Waals surface area contributed by atoms with E-state index in [0.717, 1.165) is 0 Å². The predicted octanol–water partition coefficient (Wildman–Crippen LogP) is -0.393. The zero-order chi connectivity index (χ0) is 6.41. The van der Waals surface area contributed by atoms with Crippen LogP contribution >= 0.6 is 0 Å². The maximum absolute atomic E-state index is 10.1. The number of amides is 1. The van der Waals surface area contributed by atoms with Gasteiger partial charge in [-0.25, -0.2) is 0 Å². The lowest BCUT2D eigenvalue weighted by Gasteiger charge is -1.77. The van der Waals surface area contributed by atoms with Gasteiger partial charge in [0.05, 0.1) is 0 Å². The van der Waals surface area contributed by atoms with E-state index >= 15 is 0 Å². The van der Waals surface area contributed by atoms with Crippen LogP contribution in [0.1, 0.15) is 6.92 Å². The minimum absolute atomic E-state index is 0.560. The molecule has 0 aromatic heterocycles. The van der Waals surface area contributed by atoms with Crippen molar-refractivity contribution in [3.8, 4) is 18.0 Å². The van der Waals surface area contributed by atoms with E-state index in [-0.39, 0.29) is 0 Å². The van der Waals surface area contributed by atoms with Crippen molar-refractivity contribution in [2.75, 3.05) is 0 Å². The van der Waals surface area contributed by atoms with E-state index in [1.54, 1.807) is 0 Å². The van der Waals surface area contributed by atoms with E-state index in [0.29, 0.717) is 0 Å². The minimum Gasteiger partial charge on any atom is -0.258 e. The van der Waals surface area contributed by atoms with Crippen molar-refractivity contribution in [2.45, 2.75) is 6.92 Å². The van der Waals surface area contributed by atoms with Gasteiger partial charge in [-0.05, 0) is 12.8 Å². The Bertz CT molecular complexity index is 179. The number of nitrogens with one attached hydrogen (secondary N) is 1. The van der Waals surface area contributed by atoms with E-state index in [9.17, 15) is 4.79 Å². The molecule has 0 rings (SSSR count). The average molecular weight is 108 g/mol. The quantitative estimate of drug-likeness (QED) is 0.261. The molecule has 3 nitrogen and oxygen atoms in total. The van der Waals surface area contributed by atoms with Crippen LogP contribution in [-0.2, 0) is 4.79 Å². The van der Waals surface area contributed by atoms with E-state index < -0.39 is 5.91 Å². The molecule has 0 aliphatic rings. The molecule has 0 radical (unpaired) electrons. The smallest absolute Gasteiger partial charge is 0.258 e. The lowest BCUT2D eigenvalue weighted by molar-refractivity contribution is -0.114. The third-order valence-electron chi connectivity index (χ3n) is 0.408. The van der Waals surface area contributed by atoms with Crippen LogP contribution in [0.2, 0.25) is 0 Å². The van der Waals surface area contributed by atoms with Crippen LogP contribution < -0.4 is 5.32 Å². The van der Waals surface area contributed by atoms with Crippen molar-refractivity contribution in [1.82, 2.24) is 5.32 Å². The summed E-state index contributed by atoms with van der Waals surface area (Å²) in [4.78, 5) is 10.1. The molecule has 0 aromatic rings. The van der Waals surface area contributed by atoms with Crippen LogP contribution in [0, 0.1) is 23.3 Å². The first kappa shape index (κ1) is 6.52. The van der Waals surface area contributed by atoms with Gasteiger partial charge in [-0.1, -0.05) is 5.92 Å². The SMILES string of the molecule is CC#CC(=O)NC#N. The maximum atomic E-state index is 10.1. The highest BCUT2D eigenvalue weighted by Crippen LogP contribution is 1.55. The van der Waals surface area contributed by atoms with Crippen LogP contribution in [0.4, 0.5) is 0 Å². The second-order valence-electron chi connectivity index (χ2n) is 0.941. The molecule has 0 atom stereocenters. The Labute approximate surface area is 47.3 Å². The van der Waals surface area contributed by atoms with Gasteiger partial charge in [-0.3, -0.25) is 10.1 Å². The van der Waals surface area contributed by atoms with E-state index in [2.05, 4.69) is 11.8 Å². The highest BCUT2D eigenvalue weighted by Gasteiger charge is 1.86. The van der Waals surface area contributed by atoms with E-state index in [1.807, 2.05) is 5.32 Å². The molecule has 0 saturated heterocycles. The van der Waals surface area contributed by atoms with Gasteiger partial charge in [0.2, 0.25) is 0 Å². The molecule has 0 unspecified atom stereocenters. The topological polar surface area (TPSA) is 52.9 Å². The normalized spacial score (nSPS) is 5.50. The van der Waals surface area contributed by atoms with Crippen molar-refractivity contribution >= 4 is 5.91 Å². The first-order valence-electron chi connectivity index (χ1n) is 1.93. The summed E-state index contributed by atoms with van der Waals surface area (Å²) in [6, 6.07) is 0. The summed E-state index contributed by atoms with van der Waals surface area (Å²) < 4.78 is 0. The second kappa shape index (κ2) is 3.70. The van der Waals surface area contributed by atoms with Gasteiger partial charge in [0, 0.05) is 0 Å². The van der Waals surface area contributed by atoms with E-state index in [4.69, 9.17) is 5.26 Å². The lowest BCUT2D eigenvalue weighted by Crippen LogP contribution is -2.13. The largest absolute Gasteiger partial charge is 0.308 e. The van der Waals surface area contributed by atoms with Crippen LogP contribution in [-0.4, -0.2) is 5.91 Å². The molecule has 0 saturated carbocycles. The summed E-state index contributed by atoms with van der Waals surface area (Å²) in [5, 5.41) is 9.65. The Morgan fingerprint density at radius 3 is 2.75 bits per heavy atom. The summed E-state index contributed by atoms with van der Waals surface area (Å²) in [5.41, 5.74) is 0. The van der Waals surface area contributed by atoms with Gasteiger partial charge in [0.1, 0.15) is 0 Å². The van der Waals surface area contributed by atoms with Gasteiger partial charge < -0.3 is 0 Å². The van der Waals surface area contributed by atoms with Crippen LogP contribution in [0.25, 0.3) is 0 Å². The van der Waals surface area contributed by atoms with Gasteiger partial charge in [-0.2, -0.15) is 5.26 Å². The zero-order valence-corrected chi connectivity index (χ0v) is 4.36. The fraction of sp³-hybridized carbons (Fsp3) is 0.200. The second-order valence-corrected chi connectivity index (χ2v) is 0.941. The summed E-state index contributed by atoms with van der Waals surface area (Å²) in [6.45, 7) is 1.52. The summed E-state index contributed by atoms with van der Waals surface area (Å²) in [5.74, 6) is 3.90. The van der Waals surface area contributed by atoms with Crippen LogP contribution in [0.3, 0.4) is 0 Å². The Balaban J connectivity index is 3.65. The van der Waals surface area contributed by atoms with Crippen molar-refractivity contribution in [2.24, 2.45) is 0 Å². The number of nitrogens with zero attached hydrogens (tertiary/aromatic N) is 1. The Morgan fingerprint density at radius 1 is 1.75 bits per heavy atom. The molecule has 3 heteroatoms. The van der Waals surface area contributed by atoms with E-state index in [1.165, 1.54) is 13.1 Å². The first-order valence-corrected chi connectivity index (χ1v) is 1.93. The molecule has 0 bridgehead atoms. The third-order valence-corrected chi connectivity index (χ3v) is 0.408. The predicted molar refractivity (Wildman–Crippen MR) is 27.2 cm³/mol. The molecule has 0 spiro atoms. The monoisotopic (exact) mass is 108 g/mol. The average Bonchev–Trinajstić information content (AvgIpc) is 1.68. The molecule has 1 N–H and O–H groups in total. The number of rotatable bonds is 0. The van der Waals surface area contributed by atoms with Crippen molar-refractivity contribution in [3.05, 3.63) is 0 Å². The minimum atomic E-state index is -0.560. The summed E-state index contributed by atoms with van der Waals surface area (Å²) in [7, 11) is 0. The molecule has 0 fully saturated rings. The molecule has 0 aromatic carbocycles. The summed E-state index contributed by atoms with van der Waals surface area (Å²) in [6.07, 6.45) is 1.45. The van der Waals surface area contributed by atoms with Crippen LogP contribution in [0.5, 0.6) is 0 Å². The highest BCUT2D eigenvalue weighted by molar-refractivity contribution is 5.94. The fourth-order valence-electron chi connectivity index (χ4n) is 0.196. The molecule has 8 heavy (non-hydrogen) atoms. The highest BCUT2D eigenvalue weighted by atomic mass is 16.1. The molecule has 40 valence electrons. The summed E-state index contributed by atoms with van der Waals surface area (Å²) >= 11 is 0. The number of hydrogen-bond acceptors (Lipinski definition) is 2. The first-order chi connectivity index (χ1) is 3.81. The number of nitriles is 1. The molecule has 0 aliphatic heterocycles. The van der Waals surface area contributed by atoms with Gasteiger partial charge in [-0.15, -0.1) is 0 Å².